The molecular weight excluding hydrogens is 429 g/mol. The Kier molecular flexibility index (Phi) is 5.31. The summed E-state index contributed by atoms with van der Waals surface area (Å²) in [7, 11) is -4.03. The van der Waals surface area contributed by atoms with Crippen molar-refractivity contribution in [1.29, 1.82) is 0 Å². The normalized spacial score (nSPS) is 11.6. The Morgan fingerprint density at radius 2 is 1.43 bits per heavy atom. The van der Waals surface area contributed by atoms with Gasteiger partial charge in [-0.3, -0.25) is 9.40 Å². The molecule has 5 nitrogen and oxygen atoms in total. The second-order valence-electron chi connectivity index (χ2n) is 5.51. The third-order valence-electron chi connectivity index (χ3n) is 3.62. The van der Waals surface area contributed by atoms with Crippen LogP contribution in [0.25, 0.3) is 0 Å². The van der Waals surface area contributed by atoms with E-state index in [0.717, 1.165) is 16.9 Å². The zero-order chi connectivity index (χ0) is 20.6. The maximum Gasteiger partial charge on any atom is 0.263 e. The van der Waals surface area contributed by atoms with Crippen molar-refractivity contribution in [1.82, 2.24) is 9.78 Å². The smallest absolute Gasteiger partial charge is 0.263 e. The van der Waals surface area contributed by atoms with Gasteiger partial charge in [0.1, 0.15) is 0 Å². The highest BCUT2D eigenvalue weighted by atomic mass is 35.5. The molecule has 148 valence electrons. The Balaban J connectivity index is 1.85. The van der Waals surface area contributed by atoms with E-state index in [9.17, 15) is 30.4 Å². The highest BCUT2D eigenvalue weighted by Crippen LogP contribution is 2.24. The minimum atomic E-state index is -4.03. The first kappa shape index (κ1) is 20.1. The molecule has 12 heteroatoms. The number of benzene rings is 2. The van der Waals surface area contributed by atoms with Crippen molar-refractivity contribution in [2.75, 3.05) is 4.72 Å². The lowest BCUT2D eigenvalue weighted by molar-refractivity contribution is 0.367. The van der Waals surface area contributed by atoms with E-state index in [1.807, 2.05) is 0 Å². The molecule has 0 aliphatic carbocycles. The molecule has 0 amide bonds. The van der Waals surface area contributed by atoms with Gasteiger partial charge >= 0.3 is 0 Å². The van der Waals surface area contributed by atoms with Crippen molar-refractivity contribution in [2.24, 2.45) is 0 Å². The molecule has 0 unspecified atom stereocenters. The summed E-state index contributed by atoms with van der Waals surface area (Å²) in [5, 5.41) is 4.05. The van der Waals surface area contributed by atoms with Crippen LogP contribution in [0, 0.1) is 29.1 Å². The maximum atomic E-state index is 13.7. The fraction of sp³-hybridized carbons (Fsp3) is 0.0625. The number of rotatable bonds is 5. The summed E-state index contributed by atoms with van der Waals surface area (Å²) in [5.74, 6) is -10.6. The van der Waals surface area contributed by atoms with Crippen LogP contribution in [-0.4, -0.2) is 18.2 Å². The Bertz CT molecular complexity index is 1120. The van der Waals surface area contributed by atoms with E-state index in [4.69, 9.17) is 11.6 Å². The fourth-order valence-electron chi connectivity index (χ4n) is 2.27. The van der Waals surface area contributed by atoms with Gasteiger partial charge in [0.2, 0.25) is 5.82 Å². The van der Waals surface area contributed by atoms with Crippen LogP contribution in [0.4, 0.5) is 27.8 Å². The molecule has 1 aromatic heterocycles. The van der Waals surface area contributed by atoms with Gasteiger partial charge in [0, 0.05) is 17.3 Å². The van der Waals surface area contributed by atoms with Crippen LogP contribution in [-0.2, 0) is 16.6 Å². The van der Waals surface area contributed by atoms with E-state index in [1.165, 1.54) is 24.3 Å². The fourth-order valence-corrected chi connectivity index (χ4v) is 3.39. The summed E-state index contributed by atoms with van der Waals surface area (Å²) in [6.45, 7) is -0.811. The number of hydrogen-bond donors (Lipinski definition) is 1. The van der Waals surface area contributed by atoms with Crippen LogP contribution >= 0.6 is 11.6 Å². The molecule has 1 heterocycles. The van der Waals surface area contributed by atoms with Gasteiger partial charge in [0.25, 0.3) is 10.0 Å². The Hall–Kier alpha value is -2.66. The molecule has 2 aromatic carbocycles. The van der Waals surface area contributed by atoms with Crippen molar-refractivity contribution in [3.05, 3.63) is 76.2 Å². The average molecular weight is 438 g/mol. The van der Waals surface area contributed by atoms with Crippen LogP contribution in [0.3, 0.4) is 0 Å². The molecule has 0 aliphatic rings. The second kappa shape index (κ2) is 7.40. The molecule has 3 rings (SSSR count). The molecular formula is C16H9ClF5N3O2S. The number of nitrogens with one attached hydrogen (secondary N) is 1. The van der Waals surface area contributed by atoms with E-state index in [2.05, 4.69) is 9.82 Å². The number of anilines is 1. The topological polar surface area (TPSA) is 64.0 Å². The molecule has 0 aliphatic heterocycles. The van der Waals surface area contributed by atoms with Crippen LogP contribution < -0.4 is 4.72 Å². The molecule has 0 saturated heterocycles. The summed E-state index contributed by atoms with van der Waals surface area (Å²) in [5.41, 5.74) is -1.10. The molecule has 1 N–H and O–H groups in total. The monoisotopic (exact) mass is 437 g/mol. The lowest BCUT2D eigenvalue weighted by atomic mass is 10.1. The molecule has 0 atom stereocenters. The number of halogens is 6. The lowest BCUT2D eigenvalue weighted by Gasteiger charge is -2.08. The summed E-state index contributed by atoms with van der Waals surface area (Å²) in [6, 6.07) is 6.36. The van der Waals surface area contributed by atoms with Crippen LogP contribution in [0.15, 0.2) is 41.4 Å². The van der Waals surface area contributed by atoms with E-state index in [1.54, 1.807) is 0 Å². The zero-order valence-corrected chi connectivity index (χ0v) is 15.1. The lowest BCUT2D eigenvalue weighted by Crippen LogP contribution is -2.14. The molecule has 0 spiro atoms. The third kappa shape index (κ3) is 3.80. The predicted molar refractivity (Wildman–Crippen MR) is 89.8 cm³/mol. The summed E-state index contributed by atoms with van der Waals surface area (Å²) >= 11 is 5.69. The van der Waals surface area contributed by atoms with Crippen LogP contribution in [0.2, 0.25) is 5.02 Å². The van der Waals surface area contributed by atoms with Gasteiger partial charge in [-0.05, 0) is 24.3 Å². The molecule has 3 aromatic rings. The molecule has 28 heavy (non-hydrogen) atoms. The molecule has 0 fully saturated rings. The molecule has 0 bridgehead atoms. The second-order valence-corrected chi connectivity index (χ2v) is 7.63. The van der Waals surface area contributed by atoms with Gasteiger partial charge in [-0.1, -0.05) is 11.6 Å². The van der Waals surface area contributed by atoms with Gasteiger partial charge in [0.05, 0.1) is 17.0 Å². The Morgan fingerprint density at radius 1 is 0.893 bits per heavy atom. The Labute approximate surface area is 160 Å². The number of nitrogens with zero attached hydrogens (tertiary/aromatic N) is 2. The quantitative estimate of drug-likeness (QED) is 0.371. The van der Waals surface area contributed by atoms with Crippen molar-refractivity contribution in [3.8, 4) is 0 Å². The maximum absolute atomic E-state index is 13.7. The number of sulfonamides is 1. The minimum Gasteiger partial charge on any atom is -0.266 e. The predicted octanol–water partition coefficient (Wildman–Crippen LogP) is 4.08. The summed E-state index contributed by atoms with van der Waals surface area (Å²) < 4.78 is 94.5. The van der Waals surface area contributed by atoms with Crippen molar-refractivity contribution >= 4 is 27.4 Å². The van der Waals surface area contributed by atoms with Crippen LogP contribution in [0.5, 0.6) is 0 Å². The van der Waals surface area contributed by atoms with Gasteiger partial charge in [0.15, 0.2) is 29.1 Å². The number of hydrogen-bond acceptors (Lipinski definition) is 3. The van der Waals surface area contributed by atoms with Crippen LogP contribution in [0.1, 0.15) is 5.56 Å². The largest absolute Gasteiger partial charge is 0.266 e. The first-order valence-corrected chi connectivity index (χ1v) is 9.28. The van der Waals surface area contributed by atoms with Crippen molar-refractivity contribution in [3.63, 3.8) is 0 Å². The SMILES string of the molecule is O=S(=O)(Nc1ccn(Cc2c(F)c(F)c(F)c(F)c2F)n1)c1ccc(Cl)cc1. The van der Waals surface area contributed by atoms with Crippen molar-refractivity contribution in [2.45, 2.75) is 11.4 Å². The zero-order valence-electron chi connectivity index (χ0n) is 13.6. The summed E-state index contributed by atoms with van der Waals surface area (Å²) in [4.78, 5) is -0.119. The van der Waals surface area contributed by atoms with E-state index in [-0.39, 0.29) is 10.7 Å². The third-order valence-corrected chi connectivity index (χ3v) is 5.25. The Morgan fingerprint density at radius 3 is 2.00 bits per heavy atom. The van der Waals surface area contributed by atoms with E-state index in [0.29, 0.717) is 5.02 Å². The van der Waals surface area contributed by atoms with Gasteiger partial charge in [-0.25, -0.2) is 30.4 Å². The van der Waals surface area contributed by atoms with Crippen molar-refractivity contribution < 1.29 is 30.4 Å². The van der Waals surface area contributed by atoms with Gasteiger partial charge in [-0.2, -0.15) is 5.10 Å². The minimum absolute atomic E-state index is 0.119. The summed E-state index contributed by atoms with van der Waals surface area (Å²) in [6.07, 6.45) is 1.11. The number of aromatic nitrogens is 2. The molecule has 0 radical (unpaired) electrons. The van der Waals surface area contributed by atoms with E-state index >= 15 is 0 Å². The van der Waals surface area contributed by atoms with E-state index < -0.39 is 51.2 Å². The average Bonchev–Trinajstić information content (AvgIpc) is 3.08. The highest BCUT2D eigenvalue weighted by Gasteiger charge is 2.26. The van der Waals surface area contributed by atoms with Gasteiger partial charge in [-0.15, -0.1) is 0 Å². The highest BCUT2D eigenvalue weighted by molar-refractivity contribution is 7.92. The molecule has 0 saturated carbocycles. The first-order chi connectivity index (χ1) is 13.1. The standard InChI is InChI=1S/C16H9ClF5N3O2S/c17-8-1-3-9(4-2-8)28(26,27)24-11-5-6-25(23-11)7-10-12(18)14(20)16(22)15(21)13(10)19/h1-6H,7H2,(H,23,24). The van der Waals surface area contributed by atoms with Gasteiger partial charge < -0.3 is 0 Å². The first-order valence-electron chi connectivity index (χ1n) is 7.42.